The molecule has 3 aromatic rings. The van der Waals surface area contributed by atoms with E-state index in [1.165, 1.54) is 28.9 Å². The number of benzene rings is 2. The number of carbonyl (C=O) groups excluding carboxylic acids is 1. The molecule has 0 aliphatic heterocycles. The predicted octanol–water partition coefficient (Wildman–Crippen LogP) is 3.41. The number of hydrogen-bond acceptors (Lipinski definition) is 7. The highest BCUT2D eigenvalue weighted by molar-refractivity contribution is 8.00. The number of tetrazole rings is 1. The maximum atomic E-state index is 12.3. The first-order valence-electron chi connectivity index (χ1n) is 7.56. The molecule has 0 radical (unpaired) electrons. The van der Waals surface area contributed by atoms with Gasteiger partial charge in [-0.15, -0.1) is 5.10 Å². The smallest absolute Gasteiger partial charge is 0.288 e. The number of phenols is 1. The Kier molecular flexibility index (Phi) is 6.24. The van der Waals surface area contributed by atoms with Crippen molar-refractivity contribution >= 4 is 35.1 Å². The van der Waals surface area contributed by atoms with Crippen molar-refractivity contribution in [2.45, 2.75) is 15.8 Å². The van der Waals surface area contributed by atoms with Gasteiger partial charge in [0.05, 0.1) is 11.4 Å². The first kappa shape index (κ1) is 19.1. The molecule has 0 saturated carbocycles. The van der Waals surface area contributed by atoms with Crippen molar-refractivity contribution in [1.82, 2.24) is 20.2 Å². The Morgan fingerprint density at radius 2 is 1.85 bits per heavy atom. The number of amides is 1. The van der Waals surface area contributed by atoms with Gasteiger partial charge in [0.1, 0.15) is 5.75 Å². The van der Waals surface area contributed by atoms with Gasteiger partial charge in [0.2, 0.25) is 11.1 Å². The molecule has 0 unspecified atom stereocenters. The van der Waals surface area contributed by atoms with Crippen LogP contribution >= 0.6 is 23.5 Å². The Balaban J connectivity index is 1.57. The Morgan fingerprint density at radius 1 is 1.15 bits per heavy atom. The lowest BCUT2D eigenvalue weighted by molar-refractivity contribution is -0.113. The lowest BCUT2D eigenvalue weighted by Crippen LogP contribution is -2.14. The number of nitrogens with zero attached hydrogens (tertiary/aromatic N) is 4. The van der Waals surface area contributed by atoms with Gasteiger partial charge in [0.25, 0.3) is 5.76 Å². The molecule has 0 atom stereocenters. The number of thioether (sulfide) groups is 2. The minimum Gasteiger partial charge on any atom is -0.508 e. The van der Waals surface area contributed by atoms with Crippen LogP contribution < -0.4 is 5.32 Å². The molecular formula is C16H13F2N5O2S2. The van der Waals surface area contributed by atoms with E-state index < -0.39 is 5.76 Å². The van der Waals surface area contributed by atoms with Gasteiger partial charge in [-0.1, -0.05) is 23.5 Å². The maximum Gasteiger partial charge on any atom is 0.288 e. The van der Waals surface area contributed by atoms with Crippen molar-refractivity contribution in [3.63, 3.8) is 0 Å². The largest absolute Gasteiger partial charge is 0.508 e. The molecule has 11 heteroatoms. The molecular weight excluding hydrogens is 396 g/mol. The van der Waals surface area contributed by atoms with Crippen molar-refractivity contribution in [2.75, 3.05) is 11.1 Å². The number of phenolic OH excluding ortho intramolecular Hbond substituents is 1. The molecule has 0 fully saturated rings. The van der Waals surface area contributed by atoms with Crippen molar-refractivity contribution in [1.29, 1.82) is 0 Å². The van der Waals surface area contributed by atoms with E-state index in [1.54, 1.807) is 24.3 Å². The molecule has 7 nitrogen and oxygen atoms in total. The Hall–Kier alpha value is -2.66. The zero-order valence-corrected chi connectivity index (χ0v) is 15.3. The summed E-state index contributed by atoms with van der Waals surface area (Å²) in [7, 11) is 0. The summed E-state index contributed by atoms with van der Waals surface area (Å²) in [6, 6.07) is 12.5. The van der Waals surface area contributed by atoms with E-state index in [4.69, 9.17) is 0 Å². The SMILES string of the molecule is O=C(CSc1nnnn1-c1ccc(O)cc1)Nc1ccc(SC(F)F)cc1. The van der Waals surface area contributed by atoms with E-state index in [2.05, 4.69) is 20.8 Å². The number of aromatic hydroxyl groups is 1. The van der Waals surface area contributed by atoms with Crippen molar-refractivity contribution in [3.05, 3.63) is 48.5 Å². The first-order chi connectivity index (χ1) is 13.0. The predicted molar refractivity (Wildman–Crippen MR) is 98.5 cm³/mol. The minimum atomic E-state index is -2.48. The van der Waals surface area contributed by atoms with E-state index >= 15 is 0 Å². The summed E-state index contributed by atoms with van der Waals surface area (Å²) in [6.45, 7) is 0. The van der Waals surface area contributed by atoms with Gasteiger partial charge in [0, 0.05) is 10.6 Å². The summed E-state index contributed by atoms with van der Waals surface area (Å²) >= 11 is 1.58. The van der Waals surface area contributed by atoms with Crippen molar-refractivity contribution < 1.29 is 18.7 Å². The van der Waals surface area contributed by atoms with E-state index in [-0.39, 0.29) is 17.4 Å². The third-order valence-corrected chi connectivity index (χ3v) is 4.87. The fourth-order valence-corrected chi connectivity index (χ4v) is 3.26. The quantitative estimate of drug-likeness (QED) is 0.578. The summed E-state index contributed by atoms with van der Waals surface area (Å²) in [5.41, 5.74) is 1.16. The standard InChI is InChI=1S/C16H13F2N5O2S2/c17-15(18)27-13-7-1-10(2-8-13)19-14(25)9-26-16-20-21-22-23(16)11-3-5-12(24)6-4-11/h1-8,15,24H,9H2,(H,19,25). The van der Waals surface area contributed by atoms with Gasteiger partial charge in [-0.2, -0.15) is 13.5 Å². The summed E-state index contributed by atoms with van der Waals surface area (Å²) in [6.07, 6.45) is 0. The maximum absolute atomic E-state index is 12.3. The lowest BCUT2D eigenvalue weighted by atomic mass is 10.3. The average molecular weight is 409 g/mol. The zero-order chi connectivity index (χ0) is 19.2. The highest BCUT2D eigenvalue weighted by Gasteiger charge is 2.12. The van der Waals surface area contributed by atoms with Gasteiger partial charge < -0.3 is 10.4 Å². The van der Waals surface area contributed by atoms with Crippen LogP contribution in [-0.2, 0) is 4.79 Å². The number of hydrogen-bond donors (Lipinski definition) is 2. The number of aromatic nitrogens is 4. The van der Waals surface area contributed by atoms with Gasteiger partial charge in [-0.05, 0) is 59.0 Å². The highest BCUT2D eigenvalue weighted by atomic mass is 32.2. The number of rotatable bonds is 7. The van der Waals surface area contributed by atoms with E-state index in [1.807, 2.05) is 0 Å². The van der Waals surface area contributed by atoms with Crippen LogP contribution in [0.4, 0.5) is 14.5 Å². The summed E-state index contributed by atoms with van der Waals surface area (Å²) in [4.78, 5) is 12.5. The second kappa shape index (κ2) is 8.82. The van der Waals surface area contributed by atoms with Gasteiger partial charge in [-0.25, -0.2) is 0 Å². The van der Waals surface area contributed by atoms with Crippen LogP contribution in [0, 0.1) is 0 Å². The van der Waals surface area contributed by atoms with Crippen LogP contribution in [0.1, 0.15) is 0 Å². The van der Waals surface area contributed by atoms with Gasteiger partial charge in [-0.3, -0.25) is 4.79 Å². The number of alkyl halides is 2. The minimum absolute atomic E-state index is 0.0615. The van der Waals surface area contributed by atoms with Crippen LogP contribution in [0.25, 0.3) is 5.69 Å². The first-order valence-corrected chi connectivity index (χ1v) is 9.43. The fraction of sp³-hybridized carbons (Fsp3) is 0.125. The molecule has 2 aromatic carbocycles. The van der Waals surface area contributed by atoms with Gasteiger partial charge >= 0.3 is 0 Å². The monoisotopic (exact) mass is 409 g/mol. The molecule has 0 aliphatic rings. The number of nitrogens with one attached hydrogen (secondary N) is 1. The average Bonchev–Trinajstić information content (AvgIpc) is 3.10. The van der Waals surface area contributed by atoms with Gasteiger partial charge in [0.15, 0.2) is 0 Å². The van der Waals surface area contributed by atoms with Crippen LogP contribution in [-0.4, -0.2) is 42.7 Å². The van der Waals surface area contributed by atoms with Crippen LogP contribution in [0.15, 0.2) is 58.6 Å². The molecule has 3 rings (SSSR count). The second-order valence-electron chi connectivity index (χ2n) is 5.13. The Labute approximate surface area is 161 Å². The summed E-state index contributed by atoms with van der Waals surface area (Å²) in [5, 5.41) is 23.8. The molecule has 0 bridgehead atoms. The normalized spacial score (nSPS) is 10.9. The fourth-order valence-electron chi connectivity index (χ4n) is 2.07. The number of carbonyl (C=O) groups is 1. The van der Waals surface area contributed by atoms with E-state index in [0.717, 1.165) is 11.8 Å². The lowest BCUT2D eigenvalue weighted by Gasteiger charge is -2.07. The highest BCUT2D eigenvalue weighted by Crippen LogP contribution is 2.26. The van der Waals surface area contributed by atoms with Crippen LogP contribution in [0.2, 0.25) is 0 Å². The summed E-state index contributed by atoms with van der Waals surface area (Å²) < 4.78 is 26.1. The molecule has 0 spiro atoms. The molecule has 1 amide bonds. The molecule has 1 heterocycles. The molecule has 27 heavy (non-hydrogen) atoms. The topological polar surface area (TPSA) is 92.9 Å². The molecule has 0 saturated heterocycles. The zero-order valence-electron chi connectivity index (χ0n) is 13.6. The third-order valence-electron chi connectivity index (χ3n) is 3.23. The molecule has 140 valence electrons. The van der Waals surface area contributed by atoms with Crippen LogP contribution in [0.3, 0.4) is 0 Å². The molecule has 0 aliphatic carbocycles. The second-order valence-corrected chi connectivity index (χ2v) is 7.14. The number of halogens is 2. The third kappa shape index (κ3) is 5.41. The number of anilines is 1. The van der Waals surface area contributed by atoms with Crippen molar-refractivity contribution in [2.24, 2.45) is 0 Å². The molecule has 2 N–H and O–H groups in total. The Bertz CT molecular complexity index is 904. The van der Waals surface area contributed by atoms with Crippen LogP contribution in [0.5, 0.6) is 5.75 Å². The van der Waals surface area contributed by atoms with Crippen molar-refractivity contribution in [3.8, 4) is 11.4 Å². The van der Waals surface area contributed by atoms with E-state index in [9.17, 15) is 18.7 Å². The summed E-state index contributed by atoms with van der Waals surface area (Å²) in [5.74, 6) is -2.58. The molecule has 1 aromatic heterocycles. The Morgan fingerprint density at radius 3 is 2.52 bits per heavy atom. The van der Waals surface area contributed by atoms with E-state index in [0.29, 0.717) is 33.2 Å².